The van der Waals surface area contributed by atoms with Crippen LogP contribution >= 0.6 is 0 Å². The van der Waals surface area contributed by atoms with Crippen molar-refractivity contribution in [1.29, 1.82) is 0 Å². The van der Waals surface area contributed by atoms with Gasteiger partial charge in [-0.15, -0.1) is 0 Å². The lowest BCUT2D eigenvalue weighted by molar-refractivity contribution is -0.141. The number of hydrogen-bond donors (Lipinski definition) is 1. The van der Waals surface area contributed by atoms with Gasteiger partial charge in [-0.05, 0) is 12.8 Å². The first-order valence-corrected chi connectivity index (χ1v) is 8.54. The van der Waals surface area contributed by atoms with Crippen LogP contribution in [0.1, 0.15) is 52.9 Å². The summed E-state index contributed by atoms with van der Waals surface area (Å²) in [6.45, 7) is 4.58. The summed E-state index contributed by atoms with van der Waals surface area (Å²) in [5.41, 5.74) is -1.24. The van der Waals surface area contributed by atoms with Crippen molar-refractivity contribution in [3.63, 3.8) is 0 Å². The summed E-state index contributed by atoms with van der Waals surface area (Å²) in [7, 11) is 1.62. The lowest BCUT2D eigenvalue weighted by Crippen LogP contribution is -2.41. The number of nitrogens with zero attached hydrogens (tertiary/aromatic N) is 2. The van der Waals surface area contributed by atoms with Crippen molar-refractivity contribution in [3.8, 4) is 0 Å². The van der Waals surface area contributed by atoms with Crippen molar-refractivity contribution in [2.45, 2.75) is 58.9 Å². The minimum Gasteiger partial charge on any atom is -0.494 e. The molecule has 1 aliphatic carbocycles. The van der Waals surface area contributed by atoms with E-state index in [0.29, 0.717) is 4.90 Å². The molecule has 1 saturated carbocycles. The van der Waals surface area contributed by atoms with E-state index in [4.69, 9.17) is 0 Å². The number of aliphatic hydroxyl groups excluding tert-OH is 1. The fourth-order valence-electron chi connectivity index (χ4n) is 2.73. The number of hydrogen-bond acceptors (Lipinski definition) is 6. The zero-order valence-corrected chi connectivity index (χ0v) is 15.4. The van der Waals surface area contributed by atoms with E-state index in [0.717, 1.165) is 32.1 Å². The van der Waals surface area contributed by atoms with E-state index >= 15 is 0 Å². The molecular weight excluding hydrogens is 324 g/mol. The van der Waals surface area contributed by atoms with Gasteiger partial charge in [0.2, 0.25) is 12.3 Å². The lowest BCUT2D eigenvalue weighted by atomic mass is 9.90. The normalized spacial score (nSPS) is 16.6. The van der Waals surface area contributed by atoms with E-state index in [1.54, 1.807) is 27.8 Å². The molecule has 0 atom stereocenters. The van der Waals surface area contributed by atoms with Crippen molar-refractivity contribution in [2.75, 3.05) is 13.6 Å². The molecule has 1 fully saturated rings. The van der Waals surface area contributed by atoms with Crippen LogP contribution in [0.4, 0.5) is 0 Å². The van der Waals surface area contributed by atoms with Crippen LogP contribution < -0.4 is 0 Å². The number of carbonyl (C=O) groups excluding carboxylic acids is 4. The van der Waals surface area contributed by atoms with Crippen LogP contribution in [0.3, 0.4) is 0 Å². The molecule has 0 unspecified atom stereocenters. The molecule has 7 nitrogen and oxygen atoms in total. The predicted molar refractivity (Wildman–Crippen MR) is 92.6 cm³/mol. The number of carbonyl (C=O) groups is 4. The summed E-state index contributed by atoms with van der Waals surface area (Å²) in [6, 6.07) is 0.0392. The summed E-state index contributed by atoms with van der Waals surface area (Å²) < 4.78 is 0. The molecular formula is C18H28N2O5. The third kappa shape index (κ3) is 5.41. The summed E-state index contributed by atoms with van der Waals surface area (Å²) in [4.78, 5) is 49.3. The molecule has 1 N–H and O–H groups in total. The van der Waals surface area contributed by atoms with Crippen molar-refractivity contribution >= 4 is 24.4 Å². The van der Waals surface area contributed by atoms with Crippen LogP contribution in [0.25, 0.3) is 0 Å². The molecule has 7 heteroatoms. The minimum absolute atomic E-state index is 0.0392. The van der Waals surface area contributed by atoms with Crippen LogP contribution in [0.15, 0.2) is 11.5 Å². The highest BCUT2D eigenvalue weighted by Crippen LogP contribution is 2.24. The molecule has 0 aromatic heterocycles. The molecule has 0 spiro atoms. The largest absolute Gasteiger partial charge is 0.494 e. The van der Waals surface area contributed by atoms with E-state index < -0.39 is 29.3 Å². The van der Waals surface area contributed by atoms with Gasteiger partial charge in [0.25, 0.3) is 5.91 Å². The molecule has 0 aromatic rings. The average molecular weight is 352 g/mol. The van der Waals surface area contributed by atoms with E-state index in [-0.39, 0.29) is 24.5 Å². The Kier molecular flexibility index (Phi) is 7.33. The zero-order chi connectivity index (χ0) is 19.2. The number of imide groups is 1. The lowest BCUT2D eigenvalue weighted by Gasteiger charge is -2.32. The van der Waals surface area contributed by atoms with E-state index in [2.05, 4.69) is 0 Å². The Bertz CT molecular complexity index is 556. The molecule has 0 bridgehead atoms. The highest BCUT2D eigenvalue weighted by atomic mass is 16.3. The van der Waals surface area contributed by atoms with Crippen LogP contribution in [0.5, 0.6) is 0 Å². The van der Waals surface area contributed by atoms with Gasteiger partial charge in [0.15, 0.2) is 12.1 Å². The molecule has 140 valence electrons. The topological polar surface area (TPSA) is 95.0 Å². The Morgan fingerprint density at radius 3 is 2.12 bits per heavy atom. The Labute approximate surface area is 148 Å². The molecule has 0 aliphatic heterocycles. The SMILES string of the molecule is CN(/C(O)=C(/C=O)C(=O)N(C=O)CC(=O)C(C)(C)C)C1CCCCC1. The van der Waals surface area contributed by atoms with E-state index in [9.17, 15) is 24.3 Å². The van der Waals surface area contributed by atoms with Crippen LogP contribution in [-0.2, 0) is 19.2 Å². The predicted octanol–water partition coefficient (Wildman–Crippen LogP) is 1.82. The monoisotopic (exact) mass is 352 g/mol. The van der Waals surface area contributed by atoms with Crippen LogP contribution in [-0.4, -0.2) is 58.9 Å². The second-order valence-electron chi connectivity index (χ2n) is 7.47. The maximum absolute atomic E-state index is 12.5. The smallest absolute Gasteiger partial charge is 0.269 e. The summed E-state index contributed by atoms with van der Waals surface area (Å²) >= 11 is 0. The second-order valence-corrected chi connectivity index (χ2v) is 7.47. The highest BCUT2D eigenvalue weighted by Gasteiger charge is 2.30. The van der Waals surface area contributed by atoms with Crippen molar-refractivity contribution in [3.05, 3.63) is 11.5 Å². The Morgan fingerprint density at radius 2 is 1.68 bits per heavy atom. The number of Topliss-reactive ketones (excluding diaryl/α,β-unsaturated/α-hetero) is 1. The van der Waals surface area contributed by atoms with Gasteiger partial charge in [0.05, 0.1) is 6.54 Å². The first-order chi connectivity index (χ1) is 11.6. The number of amides is 2. The van der Waals surface area contributed by atoms with Crippen LogP contribution in [0.2, 0.25) is 0 Å². The minimum atomic E-state index is -0.970. The summed E-state index contributed by atoms with van der Waals surface area (Å²) in [5.74, 6) is -1.75. The van der Waals surface area contributed by atoms with Crippen molar-refractivity contribution < 1.29 is 24.3 Å². The van der Waals surface area contributed by atoms with Crippen LogP contribution in [0, 0.1) is 5.41 Å². The molecule has 2 amide bonds. The summed E-state index contributed by atoms with van der Waals surface area (Å²) in [6.07, 6.45) is 5.34. The number of aldehydes is 1. The zero-order valence-electron chi connectivity index (χ0n) is 15.4. The molecule has 0 heterocycles. The standard InChI is InChI=1S/C18H28N2O5/c1-18(2,3)15(23)10-20(12-22)17(25)14(11-21)16(24)19(4)13-8-6-5-7-9-13/h11-13,24H,5-10H2,1-4H3/b16-14+. The van der Waals surface area contributed by atoms with E-state index in [1.165, 1.54) is 4.90 Å². The Morgan fingerprint density at radius 1 is 1.12 bits per heavy atom. The molecule has 0 radical (unpaired) electrons. The molecule has 1 rings (SSSR count). The third-order valence-electron chi connectivity index (χ3n) is 4.58. The van der Waals surface area contributed by atoms with Crippen molar-refractivity contribution in [2.24, 2.45) is 5.41 Å². The maximum Gasteiger partial charge on any atom is 0.269 e. The molecule has 0 aromatic carbocycles. The Hall–Kier alpha value is -2.18. The van der Waals surface area contributed by atoms with Gasteiger partial charge in [0.1, 0.15) is 5.57 Å². The fraction of sp³-hybridized carbons (Fsp3) is 0.667. The molecule has 25 heavy (non-hydrogen) atoms. The van der Waals surface area contributed by atoms with Gasteiger partial charge < -0.3 is 10.0 Å². The second kappa shape index (κ2) is 8.78. The van der Waals surface area contributed by atoms with Gasteiger partial charge in [0, 0.05) is 18.5 Å². The fourth-order valence-corrected chi connectivity index (χ4v) is 2.73. The number of rotatable bonds is 7. The molecule has 1 aliphatic rings. The first-order valence-electron chi connectivity index (χ1n) is 8.54. The van der Waals surface area contributed by atoms with Gasteiger partial charge in [-0.1, -0.05) is 40.0 Å². The van der Waals surface area contributed by atoms with E-state index in [1.807, 2.05) is 0 Å². The number of ketones is 1. The quantitative estimate of drug-likeness (QED) is 0.247. The summed E-state index contributed by atoms with van der Waals surface area (Å²) in [5, 5.41) is 10.4. The highest BCUT2D eigenvalue weighted by molar-refractivity contribution is 6.14. The molecule has 0 saturated heterocycles. The third-order valence-corrected chi connectivity index (χ3v) is 4.58. The van der Waals surface area contributed by atoms with Gasteiger partial charge in [-0.25, -0.2) is 0 Å². The van der Waals surface area contributed by atoms with Gasteiger partial charge in [-0.3, -0.25) is 24.1 Å². The maximum atomic E-state index is 12.5. The average Bonchev–Trinajstić information content (AvgIpc) is 2.58. The van der Waals surface area contributed by atoms with Gasteiger partial charge in [-0.2, -0.15) is 0 Å². The first kappa shape index (κ1) is 20.9. The Balaban J connectivity index is 3.00. The van der Waals surface area contributed by atoms with Gasteiger partial charge >= 0.3 is 0 Å². The number of aliphatic hydroxyl groups is 1. The van der Waals surface area contributed by atoms with Crippen molar-refractivity contribution in [1.82, 2.24) is 9.80 Å².